The number of carbonyl (C=O) groups is 1. The lowest BCUT2D eigenvalue weighted by Crippen LogP contribution is -2.25. The molecule has 1 aromatic carbocycles. The number of alkyl halides is 6. The van der Waals surface area contributed by atoms with Crippen molar-refractivity contribution in [2.45, 2.75) is 25.4 Å². The zero-order valence-electron chi connectivity index (χ0n) is 13.0. The Bertz CT molecular complexity index is 855. The van der Waals surface area contributed by atoms with Gasteiger partial charge in [0.25, 0.3) is 5.91 Å². The number of rotatable bonds is 3. The van der Waals surface area contributed by atoms with Gasteiger partial charge in [0.2, 0.25) is 0 Å². The molecule has 0 spiro atoms. The van der Waals surface area contributed by atoms with E-state index in [1.165, 1.54) is 17.0 Å². The summed E-state index contributed by atoms with van der Waals surface area (Å²) < 4.78 is 78.6. The molecule has 0 radical (unpaired) electrons. The first-order valence-corrected chi connectivity index (χ1v) is 7.37. The minimum absolute atomic E-state index is 0.0602. The lowest BCUT2D eigenvalue weighted by atomic mass is 10.1. The Morgan fingerprint density at radius 2 is 1.81 bits per heavy atom. The molecule has 1 amide bonds. The first kappa shape index (κ1) is 18.1. The highest BCUT2D eigenvalue weighted by Crippen LogP contribution is 2.38. The van der Waals surface area contributed by atoms with Gasteiger partial charge in [0.1, 0.15) is 11.4 Å². The van der Waals surface area contributed by atoms with Gasteiger partial charge in [-0.05, 0) is 17.7 Å². The van der Waals surface area contributed by atoms with Crippen molar-refractivity contribution < 1.29 is 31.1 Å². The van der Waals surface area contributed by atoms with Crippen LogP contribution in [0.2, 0.25) is 0 Å². The summed E-state index contributed by atoms with van der Waals surface area (Å²) in [6.45, 7) is 0.134. The molecule has 0 aliphatic carbocycles. The lowest BCUT2D eigenvalue weighted by molar-refractivity contribution is -0.142. The van der Waals surface area contributed by atoms with E-state index in [-0.39, 0.29) is 31.0 Å². The minimum atomic E-state index is -4.87. The number of carbonyl (C=O) groups excluding carboxylic acids is 1. The SMILES string of the molecule is NC(=O)c1c(C(F)(F)F)nn2c1N(Cc1cccc(C(F)(F)F)c1)CC2. The Morgan fingerprint density at radius 3 is 2.38 bits per heavy atom. The highest BCUT2D eigenvalue weighted by Gasteiger charge is 2.43. The van der Waals surface area contributed by atoms with Crippen LogP contribution < -0.4 is 10.6 Å². The summed E-state index contributed by atoms with van der Waals surface area (Å²) in [6.07, 6.45) is -9.41. The molecule has 5 nitrogen and oxygen atoms in total. The number of hydrogen-bond donors (Lipinski definition) is 1. The maximum Gasteiger partial charge on any atom is 0.436 e. The third kappa shape index (κ3) is 3.20. The molecule has 2 N–H and O–H groups in total. The molecule has 2 heterocycles. The van der Waals surface area contributed by atoms with E-state index in [9.17, 15) is 31.1 Å². The molecular weight excluding hydrogens is 366 g/mol. The maximum absolute atomic E-state index is 13.1. The monoisotopic (exact) mass is 378 g/mol. The van der Waals surface area contributed by atoms with Crippen molar-refractivity contribution in [1.82, 2.24) is 9.78 Å². The Hall–Kier alpha value is -2.72. The van der Waals surface area contributed by atoms with E-state index in [1.54, 1.807) is 0 Å². The number of fused-ring (bicyclic) bond motifs is 1. The van der Waals surface area contributed by atoms with Crippen LogP contribution in [0.15, 0.2) is 24.3 Å². The quantitative estimate of drug-likeness (QED) is 0.835. The number of halogens is 6. The molecule has 2 aromatic rings. The Morgan fingerprint density at radius 1 is 1.12 bits per heavy atom. The second-order valence-electron chi connectivity index (χ2n) is 5.75. The van der Waals surface area contributed by atoms with E-state index in [2.05, 4.69) is 5.10 Å². The number of nitrogens with zero attached hydrogens (tertiary/aromatic N) is 3. The van der Waals surface area contributed by atoms with Crippen LogP contribution >= 0.6 is 0 Å². The fourth-order valence-electron chi connectivity index (χ4n) is 2.90. The Labute approximate surface area is 143 Å². The van der Waals surface area contributed by atoms with Crippen LogP contribution in [0.5, 0.6) is 0 Å². The van der Waals surface area contributed by atoms with Gasteiger partial charge in [0, 0.05) is 13.1 Å². The number of anilines is 1. The lowest BCUT2D eigenvalue weighted by Gasteiger charge is -2.19. The van der Waals surface area contributed by atoms with Crippen LogP contribution in [0.3, 0.4) is 0 Å². The van der Waals surface area contributed by atoms with Crippen molar-refractivity contribution in [1.29, 1.82) is 0 Å². The van der Waals surface area contributed by atoms with Crippen LogP contribution in [0.1, 0.15) is 27.2 Å². The van der Waals surface area contributed by atoms with E-state index in [0.29, 0.717) is 0 Å². The van der Waals surface area contributed by atoms with Gasteiger partial charge >= 0.3 is 12.4 Å². The predicted molar refractivity (Wildman–Crippen MR) is 78.2 cm³/mol. The minimum Gasteiger partial charge on any atom is -0.365 e. The zero-order valence-corrected chi connectivity index (χ0v) is 13.0. The van der Waals surface area contributed by atoms with Crippen LogP contribution in [0, 0.1) is 0 Å². The molecule has 1 aliphatic heterocycles. The third-order valence-corrected chi connectivity index (χ3v) is 3.95. The average molecular weight is 378 g/mol. The number of nitrogens with two attached hydrogens (primary N) is 1. The standard InChI is InChI=1S/C15H12F6N4O/c16-14(17,18)9-3-1-2-8(6-9)7-24-4-5-25-13(24)10(12(22)26)11(23-25)15(19,20)21/h1-3,6H,4-5,7H2,(H2,22,26). The van der Waals surface area contributed by atoms with Gasteiger partial charge in [0.05, 0.1) is 12.1 Å². The molecule has 26 heavy (non-hydrogen) atoms. The average Bonchev–Trinajstić information content (AvgIpc) is 3.06. The molecule has 11 heteroatoms. The molecule has 1 aromatic heterocycles. The van der Waals surface area contributed by atoms with Gasteiger partial charge in [-0.2, -0.15) is 31.4 Å². The molecule has 140 valence electrons. The van der Waals surface area contributed by atoms with Gasteiger partial charge in [-0.15, -0.1) is 0 Å². The largest absolute Gasteiger partial charge is 0.436 e. The Balaban J connectivity index is 1.98. The van der Waals surface area contributed by atoms with Crippen LogP contribution in [0.4, 0.5) is 32.2 Å². The van der Waals surface area contributed by atoms with E-state index in [1.807, 2.05) is 0 Å². The number of hydrogen-bond acceptors (Lipinski definition) is 3. The normalized spacial score (nSPS) is 14.6. The van der Waals surface area contributed by atoms with Crippen molar-refractivity contribution in [3.8, 4) is 0 Å². The van der Waals surface area contributed by atoms with Gasteiger partial charge in [-0.25, -0.2) is 4.68 Å². The third-order valence-electron chi connectivity index (χ3n) is 3.95. The van der Waals surface area contributed by atoms with Crippen LogP contribution in [0.25, 0.3) is 0 Å². The van der Waals surface area contributed by atoms with Crippen LogP contribution in [-0.4, -0.2) is 22.2 Å². The highest BCUT2D eigenvalue weighted by molar-refractivity contribution is 5.99. The summed E-state index contributed by atoms with van der Waals surface area (Å²) in [5, 5.41) is 3.40. The second-order valence-corrected chi connectivity index (χ2v) is 5.75. The van der Waals surface area contributed by atoms with E-state index in [4.69, 9.17) is 5.73 Å². The summed E-state index contributed by atoms with van der Waals surface area (Å²) in [4.78, 5) is 12.9. The van der Waals surface area contributed by atoms with E-state index >= 15 is 0 Å². The first-order valence-electron chi connectivity index (χ1n) is 7.37. The number of amides is 1. The predicted octanol–water partition coefficient (Wildman–Crippen LogP) is 3.04. The molecule has 0 unspecified atom stereocenters. The molecule has 0 bridgehead atoms. The molecule has 0 saturated heterocycles. The van der Waals surface area contributed by atoms with Crippen molar-refractivity contribution >= 4 is 11.7 Å². The second kappa shape index (κ2) is 5.92. The summed E-state index contributed by atoms with van der Waals surface area (Å²) in [7, 11) is 0. The van der Waals surface area contributed by atoms with Gasteiger partial charge in [-0.3, -0.25) is 4.79 Å². The topological polar surface area (TPSA) is 64.2 Å². The molecule has 0 fully saturated rings. The summed E-state index contributed by atoms with van der Waals surface area (Å²) in [5.74, 6) is -1.43. The van der Waals surface area contributed by atoms with Crippen molar-refractivity contribution in [3.63, 3.8) is 0 Å². The summed E-state index contributed by atoms with van der Waals surface area (Å²) >= 11 is 0. The smallest absolute Gasteiger partial charge is 0.365 e. The number of benzene rings is 1. The van der Waals surface area contributed by atoms with Crippen molar-refractivity contribution in [3.05, 3.63) is 46.6 Å². The molecule has 1 aliphatic rings. The maximum atomic E-state index is 13.1. The van der Waals surface area contributed by atoms with Gasteiger partial charge in [0.15, 0.2) is 5.69 Å². The van der Waals surface area contributed by atoms with E-state index < -0.39 is 35.1 Å². The zero-order chi connectivity index (χ0) is 19.3. The molecule has 3 rings (SSSR count). The van der Waals surface area contributed by atoms with Crippen LogP contribution in [-0.2, 0) is 25.4 Å². The van der Waals surface area contributed by atoms with Crippen molar-refractivity contribution in [2.24, 2.45) is 5.73 Å². The van der Waals surface area contributed by atoms with Crippen molar-refractivity contribution in [2.75, 3.05) is 11.4 Å². The van der Waals surface area contributed by atoms with E-state index in [0.717, 1.165) is 16.8 Å². The molecule has 0 atom stereocenters. The highest BCUT2D eigenvalue weighted by atomic mass is 19.4. The number of primary amides is 1. The molecular formula is C15H12F6N4O. The number of aromatic nitrogens is 2. The van der Waals surface area contributed by atoms with Gasteiger partial charge < -0.3 is 10.6 Å². The summed E-state index contributed by atoms with van der Waals surface area (Å²) in [6, 6.07) is 4.44. The first-order chi connectivity index (χ1) is 12.0. The fraction of sp³-hybridized carbons (Fsp3) is 0.333. The van der Waals surface area contributed by atoms with Gasteiger partial charge in [-0.1, -0.05) is 12.1 Å². The fourth-order valence-corrected chi connectivity index (χ4v) is 2.90. The Kier molecular flexibility index (Phi) is 4.12. The summed E-state index contributed by atoms with van der Waals surface area (Å²) in [5.41, 5.74) is 2.30. The molecule has 0 saturated carbocycles.